The molecule has 1 aromatic carbocycles. The predicted molar refractivity (Wildman–Crippen MR) is 68.7 cm³/mol. The first-order valence-corrected chi connectivity index (χ1v) is 5.76. The van der Waals surface area contributed by atoms with Gasteiger partial charge in [-0.05, 0) is 18.6 Å². The third kappa shape index (κ3) is 2.82. The van der Waals surface area contributed by atoms with Gasteiger partial charge in [0.15, 0.2) is 5.76 Å². The van der Waals surface area contributed by atoms with Crippen LogP contribution in [0.3, 0.4) is 0 Å². The molecule has 0 bridgehead atoms. The fraction of sp³-hybridized carbons (Fsp3) is 0.143. The van der Waals surface area contributed by atoms with Gasteiger partial charge >= 0.3 is 5.97 Å². The van der Waals surface area contributed by atoms with Crippen LogP contribution in [0.4, 0.5) is 0 Å². The Morgan fingerprint density at radius 3 is 2.53 bits per heavy atom. The molecule has 0 radical (unpaired) electrons. The number of benzene rings is 1. The number of rotatable bonds is 4. The van der Waals surface area contributed by atoms with Crippen molar-refractivity contribution in [1.82, 2.24) is 5.32 Å². The molecule has 0 fully saturated rings. The van der Waals surface area contributed by atoms with Gasteiger partial charge in [-0.2, -0.15) is 0 Å². The van der Waals surface area contributed by atoms with Crippen molar-refractivity contribution >= 4 is 11.9 Å². The highest BCUT2D eigenvalue weighted by atomic mass is 16.4. The summed E-state index contributed by atoms with van der Waals surface area (Å²) in [6.45, 7) is 1.39. The van der Waals surface area contributed by atoms with E-state index < -0.39 is 17.9 Å². The molecule has 2 aromatic rings. The summed E-state index contributed by atoms with van der Waals surface area (Å²) in [7, 11) is 0. The largest absolute Gasteiger partial charge is 0.480 e. The number of hydrogen-bond acceptors (Lipinski definition) is 3. The highest BCUT2D eigenvalue weighted by Crippen LogP contribution is 2.24. The van der Waals surface area contributed by atoms with Gasteiger partial charge in [-0.3, -0.25) is 9.59 Å². The van der Waals surface area contributed by atoms with Crippen molar-refractivity contribution in [3.05, 3.63) is 48.4 Å². The Bertz CT molecular complexity index is 589. The van der Waals surface area contributed by atoms with Crippen LogP contribution in [0.2, 0.25) is 0 Å². The van der Waals surface area contributed by atoms with E-state index in [1.54, 1.807) is 6.07 Å². The average Bonchev–Trinajstić information content (AvgIpc) is 2.88. The molecule has 0 aliphatic carbocycles. The number of carbonyl (C=O) groups is 2. The Kier molecular flexibility index (Phi) is 3.66. The van der Waals surface area contributed by atoms with Crippen LogP contribution >= 0.6 is 0 Å². The lowest BCUT2D eigenvalue weighted by Crippen LogP contribution is -2.38. The third-order valence-corrected chi connectivity index (χ3v) is 2.67. The minimum absolute atomic E-state index is 0.110. The lowest BCUT2D eigenvalue weighted by atomic mass is 10.1. The zero-order chi connectivity index (χ0) is 13.8. The van der Waals surface area contributed by atoms with Crippen LogP contribution in [-0.2, 0) is 4.79 Å². The fourth-order valence-electron chi connectivity index (χ4n) is 1.65. The molecule has 0 spiro atoms. The van der Waals surface area contributed by atoms with Crippen molar-refractivity contribution < 1.29 is 19.1 Å². The SMILES string of the molecule is CC(NC(=O)c1occc1-c1ccccc1)C(=O)O. The number of carbonyl (C=O) groups excluding carboxylic acids is 1. The molecule has 0 saturated heterocycles. The normalized spacial score (nSPS) is 11.8. The van der Waals surface area contributed by atoms with Crippen molar-refractivity contribution in [3.8, 4) is 11.1 Å². The summed E-state index contributed by atoms with van der Waals surface area (Å²) in [5.41, 5.74) is 1.47. The van der Waals surface area contributed by atoms with E-state index in [0.717, 1.165) is 5.56 Å². The second-order valence-corrected chi connectivity index (χ2v) is 4.06. The molecule has 1 atom stereocenters. The monoisotopic (exact) mass is 259 g/mol. The summed E-state index contributed by atoms with van der Waals surface area (Å²) in [5.74, 6) is -1.53. The molecule has 0 saturated carbocycles. The Labute approximate surface area is 109 Å². The minimum Gasteiger partial charge on any atom is -0.480 e. The molecular weight excluding hydrogens is 246 g/mol. The highest BCUT2D eigenvalue weighted by Gasteiger charge is 2.20. The van der Waals surface area contributed by atoms with Crippen LogP contribution in [0.1, 0.15) is 17.5 Å². The van der Waals surface area contributed by atoms with Crippen LogP contribution < -0.4 is 5.32 Å². The van der Waals surface area contributed by atoms with Crippen molar-refractivity contribution in [3.63, 3.8) is 0 Å². The maximum absolute atomic E-state index is 11.9. The molecule has 2 rings (SSSR count). The summed E-state index contributed by atoms with van der Waals surface area (Å²) in [4.78, 5) is 22.7. The predicted octanol–water partition coefficient (Wildman–Crippen LogP) is 2.15. The molecule has 5 nitrogen and oxygen atoms in total. The van der Waals surface area contributed by atoms with Crippen molar-refractivity contribution in [2.75, 3.05) is 0 Å². The maximum Gasteiger partial charge on any atom is 0.325 e. The topological polar surface area (TPSA) is 79.5 Å². The van der Waals surface area contributed by atoms with E-state index in [0.29, 0.717) is 5.56 Å². The lowest BCUT2D eigenvalue weighted by Gasteiger charge is -2.08. The van der Waals surface area contributed by atoms with E-state index >= 15 is 0 Å². The fourth-order valence-corrected chi connectivity index (χ4v) is 1.65. The molecule has 0 aliphatic heterocycles. The van der Waals surface area contributed by atoms with Gasteiger partial charge < -0.3 is 14.8 Å². The van der Waals surface area contributed by atoms with E-state index in [1.807, 2.05) is 30.3 Å². The summed E-state index contributed by atoms with van der Waals surface area (Å²) >= 11 is 0. The van der Waals surface area contributed by atoms with Crippen LogP contribution in [0.15, 0.2) is 47.1 Å². The van der Waals surface area contributed by atoms with E-state index in [2.05, 4.69) is 5.32 Å². The molecule has 0 aliphatic rings. The van der Waals surface area contributed by atoms with Gasteiger partial charge in [0.25, 0.3) is 5.91 Å². The zero-order valence-corrected chi connectivity index (χ0v) is 10.3. The average molecular weight is 259 g/mol. The maximum atomic E-state index is 11.9. The molecule has 1 aromatic heterocycles. The summed E-state index contributed by atoms with van der Waals surface area (Å²) < 4.78 is 5.16. The van der Waals surface area contributed by atoms with Crippen LogP contribution in [0.25, 0.3) is 11.1 Å². The zero-order valence-electron chi connectivity index (χ0n) is 10.3. The number of carboxylic acid groups (broad SMARTS) is 1. The summed E-state index contributed by atoms with van der Waals surface area (Å²) in [6.07, 6.45) is 1.41. The van der Waals surface area contributed by atoms with Gasteiger partial charge in [0.1, 0.15) is 6.04 Å². The second-order valence-electron chi connectivity index (χ2n) is 4.06. The molecule has 19 heavy (non-hydrogen) atoms. The number of carboxylic acids is 1. The summed E-state index contributed by atoms with van der Waals surface area (Å²) in [5, 5.41) is 11.1. The van der Waals surface area contributed by atoms with Crippen molar-refractivity contribution in [1.29, 1.82) is 0 Å². The smallest absolute Gasteiger partial charge is 0.325 e. The first-order valence-electron chi connectivity index (χ1n) is 5.76. The third-order valence-electron chi connectivity index (χ3n) is 2.67. The Balaban J connectivity index is 2.25. The minimum atomic E-state index is -1.10. The quantitative estimate of drug-likeness (QED) is 0.881. The highest BCUT2D eigenvalue weighted by molar-refractivity contribution is 5.99. The van der Waals surface area contributed by atoms with Gasteiger partial charge in [-0.1, -0.05) is 30.3 Å². The summed E-state index contributed by atoms with van der Waals surface area (Å²) in [6, 6.07) is 9.98. The van der Waals surface area contributed by atoms with Crippen molar-refractivity contribution in [2.24, 2.45) is 0 Å². The Morgan fingerprint density at radius 1 is 1.21 bits per heavy atom. The Hall–Kier alpha value is -2.56. The van der Waals surface area contributed by atoms with E-state index in [9.17, 15) is 9.59 Å². The molecule has 1 heterocycles. The molecule has 1 amide bonds. The first-order chi connectivity index (χ1) is 9.09. The van der Waals surface area contributed by atoms with E-state index in [4.69, 9.17) is 9.52 Å². The Morgan fingerprint density at radius 2 is 1.89 bits per heavy atom. The number of hydrogen-bond donors (Lipinski definition) is 2. The van der Waals surface area contributed by atoms with Gasteiger partial charge in [0.05, 0.1) is 6.26 Å². The van der Waals surface area contributed by atoms with Gasteiger partial charge in [0, 0.05) is 5.56 Å². The molecule has 2 N–H and O–H groups in total. The number of amides is 1. The first kappa shape index (κ1) is 12.9. The second kappa shape index (κ2) is 5.39. The molecule has 98 valence electrons. The van der Waals surface area contributed by atoms with E-state index in [-0.39, 0.29) is 5.76 Å². The van der Waals surface area contributed by atoms with Crippen LogP contribution in [-0.4, -0.2) is 23.0 Å². The van der Waals surface area contributed by atoms with Crippen LogP contribution in [0, 0.1) is 0 Å². The van der Waals surface area contributed by atoms with Crippen LogP contribution in [0.5, 0.6) is 0 Å². The number of nitrogens with one attached hydrogen (secondary N) is 1. The van der Waals surface area contributed by atoms with Gasteiger partial charge in [-0.25, -0.2) is 0 Å². The molecular formula is C14H13NO4. The van der Waals surface area contributed by atoms with Crippen molar-refractivity contribution in [2.45, 2.75) is 13.0 Å². The molecule has 1 unspecified atom stereocenters. The van der Waals surface area contributed by atoms with Gasteiger partial charge in [-0.15, -0.1) is 0 Å². The van der Waals surface area contributed by atoms with E-state index in [1.165, 1.54) is 13.2 Å². The standard InChI is InChI=1S/C14H13NO4/c1-9(14(17)18)15-13(16)12-11(7-8-19-12)10-5-3-2-4-6-10/h2-9H,1H3,(H,15,16)(H,17,18). The molecule has 5 heteroatoms. The number of aliphatic carboxylic acids is 1. The van der Waals surface area contributed by atoms with Gasteiger partial charge in [0.2, 0.25) is 0 Å². The lowest BCUT2D eigenvalue weighted by molar-refractivity contribution is -0.138. The number of furan rings is 1.